The Bertz CT molecular complexity index is 243. The molecule has 0 aromatic rings. The number of hydrogen-bond acceptors (Lipinski definition) is 4. The van der Waals surface area contributed by atoms with Crippen molar-refractivity contribution < 1.29 is 17.7 Å². The van der Waals surface area contributed by atoms with Gasteiger partial charge in [-0.2, -0.15) is 0 Å². The Morgan fingerprint density at radius 2 is 1.58 bits per heavy atom. The first-order valence-corrected chi connectivity index (χ1v) is 15.8. The highest BCUT2D eigenvalue weighted by Gasteiger charge is 2.28. The second-order valence-corrected chi connectivity index (χ2v) is 18.8. The van der Waals surface area contributed by atoms with Gasteiger partial charge in [-0.3, -0.25) is 0 Å². The maximum atomic E-state index is 6.26. The van der Waals surface area contributed by atoms with E-state index < -0.39 is 25.9 Å². The lowest BCUT2D eigenvalue weighted by Gasteiger charge is -2.30. The summed E-state index contributed by atoms with van der Waals surface area (Å²) in [7, 11) is -4.52. The van der Waals surface area contributed by atoms with Crippen molar-refractivity contribution in [3.8, 4) is 0 Å². The molecule has 0 aromatic carbocycles. The zero-order valence-electron chi connectivity index (χ0n) is 13.3. The number of hydrogen-bond donors (Lipinski definition) is 0. The van der Waals surface area contributed by atoms with E-state index in [2.05, 4.69) is 39.3 Å². The first-order chi connectivity index (χ1) is 8.66. The molecule has 0 spiro atoms. The van der Waals surface area contributed by atoms with Crippen LogP contribution in [-0.2, 0) is 17.7 Å². The first kappa shape index (κ1) is 17.5. The highest BCUT2D eigenvalue weighted by molar-refractivity contribution is 6.81. The molecule has 7 heteroatoms. The lowest BCUT2D eigenvalue weighted by Crippen LogP contribution is -2.43. The third-order valence-corrected chi connectivity index (χ3v) is 11.0. The van der Waals surface area contributed by atoms with Crippen LogP contribution in [0.2, 0.25) is 45.3 Å². The molecule has 1 aliphatic heterocycles. The molecule has 1 fully saturated rings. The van der Waals surface area contributed by atoms with Gasteiger partial charge in [-0.25, -0.2) is 0 Å². The van der Waals surface area contributed by atoms with E-state index in [4.69, 9.17) is 17.7 Å². The van der Waals surface area contributed by atoms with Crippen LogP contribution in [0.5, 0.6) is 0 Å². The molecule has 0 radical (unpaired) electrons. The fourth-order valence-electron chi connectivity index (χ4n) is 1.66. The predicted octanol–water partition coefficient (Wildman–Crippen LogP) is 2.72. The van der Waals surface area contributed by atoms with Crippen molar-refractivity contribution in [3.63, 3.8) is 0 Å². The summed E-state index contributed by atoms with van der Waals surface area (Å²) in [5.41, 5.74) is 0. The molecule has 19 heavy (non-hydrogen) atoms. The second kappa shape index (κ2) is 7.49. The zero-order chi connectivity index (χ0) is 14.5. The van der Waals surface area contributed by atoms with Gasteiger partial charge >= 0.3 is 9.28 Å². The van der Waals surface area contributed by atoms with Crippen molar-refractivity contribution in [3.05, 3.63) is 0 Å². The smallest absolute Gasteiger partial charge is 0.300 e. The molecule has 0 N–H and O–H groups in total. The topological polar surface area (TPSA) is 40.2 Å². The van der Waals surface area contributed by atoms with Crippen molar-refractivity contribution in [1.82, 2.24) is 0 Å². The molecule has 0 aliphatic carbocycles. The standard InChI is InChI=1S/C12H30O4Si3/c1-18(2,3)15-17(16-19(4,5)6)9-7-8-13-10-12-11-14-12/h12,17H,7-11H2,1-6H3. The molecule has 0 aromatic heterocycles. The third kappa shape index (κ3) is 10.9. The van der Waals surface area contributed by atoms with Crippen LogP contribution < -0.4 is 0 Å². The Morgan fingerprint density at radius 3 is 2.00 bits per heavy atom. The Hall–Kier alpha value is 0.491. The van der Waals surface area contributed by atoms with E-state index in [1.165, 1.54) is 0 Å². The van der Waals surface area contributed by atoms with Crippen LogP contribution in [0.25, 0.3) is 0 Å². The summed E-state index contributed by atoms with van der Waals surface area (Å²) < 4.78 is 23.2. The molecule has 114 valence electrons. The number of rotatable bonds is 10. The van der Waals surface area contributed by atoms with Crippen molar-refractivity contribution in [2.45, 2.75) is 57.9 Å². The van der Waals surface area contributed by atoms with Crippen LogP contribution in [0.4, 0.5) is 0 Å². The van der Waals surface area contributed by atoms with Crippen molar-refractivity contribution in [2.75, 3.05) is 19.8 Å². The summed E-state index contributed by atoms with van der Waals surface area (Å²) in [6.07, 6.45) is 1.41. The van der Waals surface area contributed by atoms with E-state index in [9.17, 15) is 0 Å². The maximum Gasteiger partial charge on any atom is 0.300 e. The monoisotopic (exact) mass is 322 g/mol. The lowest BCUT2D eigenvalue weighted by atomic mass is 10.5. The maximum absolute atomic E-state index is 6.26. The normalized spacial score (nSPS) is 20.1. The van der Waals surface area contributed by atoms with Gasteiger partial charge in [-0.1, -0.05) is 0 Å². The van der Waals surface area contributed by atoms with Gasteiger partial charge in [0.15, 0.2) is 16.6 Å². The van der Waals surface area contributed by atoms with Crippen LogP contribution >= 0.6 is 0 Å². The molecule has 1 atom stereocenters. The molecule has 4 nitrogen and oxygen atoms in total. The van der Waals surface area contributed by atoms with E-state index >= 15 is 0 Å². The molecule has 1 saturated heterocycles. The van der Waals surface area contributed by atoms with Crippen LogP contribution in [0.3, 0.4) is 0 Å². The molecule has 1 heterocycles. The summed E-state index contributed by atoms with van der Waals surface area (Å²) in [5, 5.41) is 0. The number of epoxide rings is 1. The van der Waals surface area contributed by atoms with Gasteiger partial charge in [0, 0.05) is 6.61 Å². The first-order valence-electron chi connectivity index (χ1n) is 7.21. The van der Waals surface area contributed by atoms with Gasteiger partial charge in [-0.05, 0) is 51.7 Å². The summed E-state index contributed by atoms with van der Waals surface area (Å²) in [4.78, 5) is 0. The second-order valence-electron chi connectivity index (χ2n) is 7.06. The molecular formula is C12H30O4Si3. The van der Waals surface area contributed by atoms with E-state index in [1.807, 2.05) is 0 Å². The molecule has 0 saturated carbocycles. The molecule has 0 amide bonds. The van der Waals surface area contributed by atoms with Crippen LogP contribution in [-0.4, -0.2) is 51.8 Å². The van der Waals surface area contributed by atoms with Gasteiger partial charge in [0.05, 0.1) is 13.2 Å². The quantitative estimate of drug-likeness (QED) is 0.352. The van der Waals surface area contributed by atoms with Gasteiger partial charge < -0.3 is 17.7 Å². The number of ether oxygens (including phenoxy) is 2. The highest BCUT2D eigenvalue weighted by atomic mass is 28.4. The third-order valence-electron chi connectivity index (χ3n) is 2.40. The minimum absolute atomic E-state index is 0.365. The average molecular weight is 323 g/mol. The minimum atomic E-state index is -1.52. The Kier molecular flexibility index (Phi) is 6.91. The van der Waals surface area contributed by atoms with Crippen molar-refractivity contribution in [2.24, 2.45) is 0 Å². The highest BCUT2D eigenvalue weighted by Crippen LogP contribution is 2.16. The Morgan fingerprint density at radius 1 is 1.05 bits per heavy atom. The van der Waals surface area contributed by atoms with Crippen LogP contribution in [0.15, 0.2) is 0 Å². The lowest BCUT2D eigenvalue weighted by molar-refractivity contribution is 0.116. The van der Waals surface area contributed by atoms with E-state index in [-0.39, 0.29) is 0 Å². The summed E-state index contributed by atoms with van der Waals surface area (Å²) in [5.74, 6) is 0. The van der Waals surface area contributed by atoms with Crippen molar-refractivity contribution in [1.29, 1.82) is 0 Å². The van der Waals surface area contributed by atoms with Crippen molar-refractivity contribution >= 4 is 25.9 Å². The summed E-state index contributed by atoms with van der Waals surface area (Å²) in [6.45, 7) is 15.8. The van der Waals surface area contributed by atoms with Gasteiger partial charge in [0.2, 0.25) is 0 Å². The molecule has 1 unspecified atom stereocenters. The average Bonchev–Trinajstić information content (AvgIpc) is 2.95. The molecule has 1 aliphatic rings. The van der Waals surface area contributed by atoms with E-state index in [1.54, 1.807) is 0 Å². The zero-order valence-corrected chi connectivity index (χ0v) is 16.5. The largest absolute Gasteiger partial charge is 0.439 e. The van der Waals surface area contributed by atoms with Gasteiger partial charge in [0.1, 0.15) is 6.10 Å². The molecule has 0 bridgehead atoms. The van der Waals surface area contributed by atoms with E-state index in [0.29, 0.717) is 6.10 Å². The fourth-order valence-corrected chi connectivity index (χ4v) is 10.0. The fraction of sp³-hybridized carbons (Fsp3) is 1.00. The Balaban J connectivity index is 2.22. The molecular weight excluding hydrogens is 292 g/mol. The predicted molar refractivity (Wildman–Crippen MR) is 86.0 cm³/mol. The van der Waals surface area contributed by atoms with Gasteiger partial charge in [0.25, 0.3) is 0 Å². The molecule has 1 rings (SSSR count). The summed E-state index contributed by atoms with van der Waals surface area (Å²) >= 11 is 0. The van der Waals surface area contributed by atoms with Gasteiger partial charge in [-0.15, -0.1) is 0 Å². The van der Waals surface area contributed by atoms with E-state index in [0.717, 1.165) is 32.3 Å². The summed E-state index contributed by atoms with van der Waals surface area (Å²) in [6, 6.07) is 1.06. The van der Waals surface area contributed by atoms with Crippen LogP contribution in [0.1, 0.15) is 6.42 Å². The Labute approximate surface area is 121 Å². The minimum Gasteiger partial charge on any atom is -0.439 e. The SMILES string of the molecule is C[Si](C)(C)O[SiH](CCCOCC1CO1)O[Si](C)(C)C. The van der Waals surface area contributed by atoms with Crippen LogP contribution in [0, 0.1) is 0 Å².